The lowest BCUT2D eigenvalue weighted by Crippen LogP contribution is -2.51. The summed E-state index contributed by atoms with van der Waals surface area (Å²) >= 11 is 0. The summed E-state index contributed by atoms with van der Waals surface area (Å²) in [6.45, 7) is 6.52. The first-order chi connectivity index (χ1) is 13.4. The second-order valence-electron chi connectivity index (χ2n) is 7.36. The summed E-state index contributed by atoms with van der Waals surface area (Å²) < 4.78 is 27.8. The Morgan fingerprint density at radius 1 is 1.24 bits per heavy atom. The summed E-state index contributed by atoms with van der Waals surface area (Å²) in [7, 11) is 1.69. The van der Waals surface area contributed by atoms with Crippen molar-refractivity contribution in [3.05, 3.63) is 35.4 Å². The Hall–Kier alpha value is -1.49. The number of guanidine groups is 1. The van der Waals surface area contributed by atoms with Gasteiger partial charge in [0.05, 0.1) is 0 Å². The number of rotatable bonds is 7. The molecular weight excluding hydrogens is 491 g/mol. The molecule has 1 aromatic rings. The zero-order chi connectivity index (χ0) is 20.5. The van der Waals surface area contributed by atoms with E-state index in [4.69, 9.17) is 0 Å². The van der Waals surface area contributed by atoms with Crippen LogP contribution in [0.5, 0.6) is 0 Å². The van der Waals surface area contributed by atoms with Crippen molar-refractivity contribution in [1.29, 1.82) is 0 Å². The number of aliphatic imine (C=N–C) groups is 1. The summed E-state index contributed by atoms with van der Waals surface area (Å²) in [6.07, 6.45) is 1.90. The molecule has 3 N–H and O–H groups in total. The number of amides is 1. The van der Waals surface area contributed by atoms with E-state index >= 15 is 0 Å². The van der Waals surface area contributed by atoms with Gasteiger partial charge < -0.3 is 16.0 Å². The van der Waals surface area contributed by atoms with Crippen LogP contribution in [0.4, 0.5) is 8.78 Å². The van der Waals surface area contributed by atoms with Crippen molar-refractivity contribution >= 4 is 35.8 Å². The van der Waals surface area contributed by atoms with Gasteiger partial charge in [0, 0.05) is 50.7 Å². The Labute approximate surface area is 188 Å². The molecule has 164 valence electrons. The van der Waals surface area contributed by atoms with Crippen LogP contribution in [0, 0.1) is 17.6 Å². The van der Waals surface area contributed by atoms with Gasteiger partial charge >= 0.3 is 0 Å². The van der Waals surface area contributed by atoms with E-state index < -0.39 is 11.6 Å². The van der Waals surface area contributed by atoms with Crippen LogP contribution in [0.3, 0.4) is 0 Å². The van der Waals surface area contributed by atoms with Gasteiger partial charge in [-0.15, -0.1) is 24.0 Å². The summed E-state index contributed by atoms with van der Waals surface area (Å²) in [5.41, 5.74) is 0.117. The largest absolute Gasteiger partial charge is 0.355 e. The third kappa shape index (κ3) is 8.41. The van der Waals surface area contributed by atoms with Gasteiger partial charge in [0.25, 0.3) is 0 Å². The summed E-state index contributed by atoms with van der Waals surface area (Å²) in [4.78, 5) is 17.8. The smallest absolute Gasteiger partial charge is 0.222 e. The molecule has 1 unspecified atom stereocenters. The van der Waals surface area contributed by atoms with Crippen molar-refractivity contribution in [3.8, 4) is 0 Å². The fourth-order valence-corrected chi connectivity index (χ4v) is 3.18. The summed E-state index contributed by atoms with van der Waals surface area (Å²) in [6, 6.07) is 4.11. The minimum Gasteiger partial charge on any atom is -0.355 e. The highest BCUT2D eigenvalue weighted by Crippen LogP contribution is 2.18. The van der Waals surface area contributed by atoms with Gasteiger partial charge in [0.2, 0.25) is 5.91 Å². The molecule has 1 amide bonds. The molecule has 0 bridgehead atoms. The molecule has 1 saturated heterocycles. The Kier molecular flexibility index (Phi) is 11.4. The molecule has 6 nitrogen and oxygen atoms in total. The van der Waals surface area contributed by atoms with Crippen LogP contribution in [-0.4, -0.2) is 56.0 Å². The lowest BCUT2D eigenvalue weighted by atomic mass is 10.0. The molecule has 1 atom stereocenters. The Balaban J connectivity index is 0.00000420. The minimum atomic E-state index is -0.504. The van der Waals surface area contributed by atoms with Crippen molar-refractivity contribution in [2.75, 3.05) is 33.2 Å². The lowest BCUT2D eigenvalue weighted by molar-refractivity contribution is -0.123. The van der Waals surface area contributed by atoms with Gasteiger partial charge in [-0.2, -0.15) is 0 Å². The molecule has 0 radical (unpaired) electrons. The molecule has 1 aliphatic rings. The lowest BCUT2D eigenvalue weighted by Gasteiger charge is -2.34. The standard InChI is InChI=1S/C20H31F2N5O.HI/c1-14(2)19(28)24-9-10-25-20(23-3)26-15-6-5-11-27(12-15)13-16-17(21)7-4-8-18(16)22;/h4,7-8,14-15H,5-6,9-13H2,1-3H3,(H,24,28)(H2,23,25,26);1H. The van der Waals surface area contributed by atoms with Gasteiger partial charge in [-0.1, -0.05) is 19.9 Å². The number of nitrogens with zero attached hydrogens (tertiary/aromatic N) is 2. The van der Waals surface area contributed by atoms with Gasteiger partial charge in [-0.05, 0) is 31.5 Å². The molecule has 0 aliphatic carbocycles. The highest BCUT2D eigenvalue weighted by Gasteiger charge is 2.22. The third-order valence-electron chi connectivity index (χ3n) is 4.75. The SMILES string of the molecule is CN=C(NCCNC(=O)C(C)C)NC1CCCN(Cc2c(F)cccc2F)C1.I. The topological polar surface area (TPSA) is 68.8 Å². The number of benzene rings is 1. The van der Waals surface area contributed by atoms with E-state index in [1.165, 1.54) is 18.2 Å². The minimum absolute atomic E-state index is 0. The van der Waals surface area contributed by atoms with E-state index in [1.54, 1.807) is 7.05 Å². The highest BCUT2D eigenvalue weighted by atomic mass is 127. The van der Waals surface area contributed by atoms with E-state index in [-0.39, 0.29) is 54.0 Å². The number of halogens is 3. The predicted octanol–water partition coefficient (Wildman–Crippen LogP) is 2.48. The van der Waals surface area contributed by atoms with Crippen molar-refractivity contribution in [3.63, 3.8) is 0 Å². The maximum atomic E-state index is 13.9. The van der Waals surface area contributed by atoms with Crippen LogP contribution in [0.25, 0.3) is 0 Å². The monoisotopic (exact) mass is 523 g/mol. The second kappa shape index (κ2) is 12.9. The average Bonchev–Trinajstić information content (AvgIpc) is 2.67. The van der Waals surface area contributed by atoms with E-state index in [0.29, 0.717) is 25.6 Å². The van der Waals surface area contributed by atoms with Crippen LogP contribution >= 0.6 is 24.0 Å². The zero-order valence-corrected chi connectivity index (χ0v) is 19.6. The number of carbonyl (C=O) groups is 1. The van der Waals surface area contributed by atoms with Gasteiger partial charge in [-0.3, -0.25) is 14.7 Å². The quantitative estimate of drug-likeness (QED) is 0.223. The maximum absolute atomic E-state index is 13.9. The molecule has 2 rings (SSSR count). The van der Waals surface area contributed by atoms with Crippen molar-refractivity contribution in [2.24, 2.45) is 10.9 Å². The first-order valence-electron chi connectivity index (χ1n) is 9.80. The van der Waals surface area contributed by atoms with Crippen LogP contribution in [0.2, 0.25) is 0 Å². The molecule has 9 heteroatoms. The Bertz CT molecular complexity index is 667. The molecule has 29 heavy (non-hydrogen) atoms. The second-order valence-corrected chi connectivity index (χ2v) is 7.36. The average molecular weight is 523 g/mol. The number of likely N-dealkylation sites (tertiary alicyclic amines) is 1. The number of nitrogens with one attached hydrogen (secondary N) is 3. The molecule has 1 fully saturated rings. The number of hydrogen-bond donors (Lipinski definition) is 3. The molecule has 1 aromatic carbocycles. The fourth-order valence-electron chi connectivity index (χ4n) is 3.18. The van der Waals surface area contributed by atoms with Crippen molar-refractivity contribution < 1.29 is 13.6 Å². The van der Waals surface area contributed by atoms with E-state index in [9.17, 15) is 13.6 Å². The fraction of sp³-hybridized carbons (Fsp3) is 0.600. The van der Waals surface area contributed by atoms with Crippen LogP contribution < -0.4 is 16.0 Å². The predicted molar refractivity (Wildman–Crippen MR) is 122 cm³/mol. The number of hydrogen-bond acceptors (Lipinski definition) is 3. The van der Waals surface area contributed by atoms with Crippen molar-refractivity contribution in [2.45, 2.75) is 39.3 Å². The van der Waals surface area contributed by atoms with E-state index in [2.05, 4.69) is 25.8 Å². The normalized spacial score (nSPS) is 17.6. The molecule has 0 spiro atoms. The van der Waals surface area contributed by atoms with Gasteiger partial charge in [-0.25, -0.2) is 8.78 Å². The van der Waals surface area contributed by atoms with Crippen LogP contribution in [-0.2, 0) is 11.3 Å². The molecule has 1 aliphatic heterocycles. The van der Waals surface area contributed by atoms with Crippen molar-refractivity contribution in [1.82, 2.24) is 20.9 Å². The molecule has 0 saturated carbocycles. The van der Waals surface area contributed by atoms with Crippen LogP contribution in [0.15, 0.2) is 23.2 Å². The van der Waals surface area contributed by atoms with E-state index in [1.807, 2.05) is 13.8 Å². The first kappa shape index (κ1) is 25.5. The van der Waals surface area contributed by atoms with Crippen LogP contribution in [0.1, 0.15) is 32.3 Å². The first-order valence-corrected chi connectivity index (χ1v) is 9.80. The molecular formula is C20H32F2IN5O. The summed E-state index contributed by atoms with van der Waals surface area (Å²) in [5.74, 6) is -0.368. The third-order valence-corrected chi connectivity index (χ3v) is 4.75. The van der Waals surface area contributed by atoms with Gasteiger partial charge in [0.1, 0.15) is 11.6 Å². The Morgan fingerprint density at radius 2 is 1.90 bits per heavy atom. The van der Waals surface area contributed by atoms with E-state index in [0.717, 1.165) is 19.4 Å². The number of piperidine rings is 1. The zero-order valence-electron chi connectivity index (χ0n) is 17.3. The Morgan fingerprint density at radius 3 is 2.52 bits per heavy atom. The summed E-state index contributed by atoms with van der Waals surface area (Å²) in [5, 5.41) is 9.38. The number of carbonyl (C=O) groups excluding carboxylic acids is 1. The maximum Gasteiger partial charge on any atom is 0.222 e. The highest BCUT2D eigenvalue weighted by molar-refractivity contribution is 14.0. The molecule has 0 aromatic heterocycles. The van der Waals surface area contributed by atoms with Gasteiger partial charge in [0.15, 0.2) is 5.96 Å². The molecule has 1 heterocycles.